The summed E-state index contributed by atoms with van der Waals surface area (Å²) >= 11 is 1.55. The zero-order chi connectivity index (χ0) is 27.4. The maximum Gasteiger partial charge on any atom is -1.00 e. The minimum Gasteiger partial charge on any atom is -1.00 e. The van der Waals surface area contributed by atoms with Crippen molar-refractivity contribution < 1.29 is 49.0 Å². The first kappa shape index (κ1) is 33.8. The summed E-state index contributed by atoms with van der Waals surface area (Å²) in [6, 6.07) is 12.1. The van der Waals surface area contributed by atoms with Crippen molar-refractivity contribution in [3.63, 3.8) is 0 Å². The van der Waals surface area contributed by atoms with Crippen LogP contribution in [0.1, 0.15) is 98.4 Å². The van der Waals surface area contributed by atoms with Gasteiger partial charge in [0.1, 0.15) is 0 Å². The fourth-order valence-electron chi connectivity index (χ4n) is 6.21. The van der Waals surface area contributed by atoms with Crippen LogP contribution in [0.5, 0.6) is 0 Å². The number of allylic oxidation sites excluding steroid dienone is 8. The molecule has 0 spiro atoms. The van der Waals surface area contributed by atoms with Crippen molar-refractivity contribution in [1.82, 2.24) is 0 Å². The predicted octanol–water partition coefficient (Wildman–Crippen LogP) is 4.19. The molecule has 0 saturated carbocycles. The number of hydrogen-bond donors (Lipinski definition) is 0. The van der Waals surface area contributed by atoms with Crippen LogP contribution < -0.4 is 24.8 Å². The van der Waals surface area contributed by atoms with Crippen LogP contribution in [0.4, 0.5) is 0 Å². The van der Waals surface area contributed by atoms with Crippen LogP contribution in [-0.4, -0.2) is 3.21 Å². The van der Waals surface area contributed by atoms with Crippen LogP contribution in [0.15, 0.2) is 59.7 Å². The van der Waals surface area contributed by atoms with E-state index in [2.05, 4.69) is 131 Å². The summed E-state index contributed by atoms with van der Waals surface area (Å²) in [4.78, 5) is 0. The van der Waals surface area contributed by atoms with Crippen LogP contribution >= 0.6 is 0 Å². The van der Waals surface area contributed by atoms with Gasteiger partial charge >= 0.3 is 41.3 Å². The summed E-state index contributed by atoms with van der Waals surface area (Å²) in [6.07, 6.45) is 10.3. The Bertz CT molecular complexity index is 1440. The molecule has 0 heterocycles. The first-order valence-corrected chi connectivity index (χ1v) is 14.8. The van der Waals surface area contributed by atoms with E-state index in [1.54, 1.807) is 24.2 Å². The normalized spacial score (nSPS) is 19.2. The number of hydrogen-bond acceptors (Lipinski definition) is 0. The summed E-state index contributed by atoms with van der Waals surface area (Å²) in [6.45, 7) is 24.4. The monoisotopic (exact) mass is 634 g/mol. The number of halogens is 2. The fraction of sp³-hybridized carbons (Fsp3) is 0.389. The van der Waals surface area contributed by atoms with Crippen molar-refractivity contribution in [2.24, 2.45) is 5.92 Å². The third kappa shape index (κ3) is 6.75. The average molecular weight is 637 g/mol. The molecule has 0 saturated heterocycles. The fourth-order valence-corrected chi connectivity index (χ4v) is 6.21. The van der Waals surface area contributed by atoms with Crippen LogP contribution in [0.3, 0.4) is 0 Å². The maximum absolute atomic E-state index is 3.29. The first-order chi connectivity index (χ1) is 17.1. The third-order valence-electron chi connectivity index (χ3n) is 7.91. The molecule has 0 amide bonds. The van der Waals surface area contributed by atoms with E-state index in [-0.39, 0.29) is 35.6 Å². The van der Waals surface area contributed by atoms with Gasteiger partial charge in [0, 0.05) is 10.8 Å². The molecule has 0 radical (unpaired) electrons. The Labute approximate surface area is 264 Å². The second kappa shape index (κ2) is 12.2. The second-order valence-corrected chi connectivity index (χ2v) is 15.1. The van der Waals surface area contributed by atoms with E-state index in [1.165, 1.54) is 69.3 Å². The zero-order valence-electron chi connectivity index (χ0n) is 25.5. The van der Waals surface area contributed by atoms with Gasteiger partial charge in [-0.05, 0) is 36.1 Å². The van der Waals surface area contributed by atoms with E-state index in [4.69, 9.17) is 0 Å². The van der Waals surface area contributed by atoms with Gasteiger partial charge in [-0.3, -0.25) is 6.08 Å². The minimum absolute atomic E-state index is 0. The summed E-state index contributed by atoms with van der Waals surface area (Å²) in [5.74, 6) is 0.551. The van der Waals surface area contributed by atoms with Gasteiger partial charge < -0.3 is 24.8 Å². The van der Waals surface area contributed by atoms with Gasteiger partial charge in [0.25, 0.3) is 0 Å². The molecule has 0 aliphatic heterocycles. The molecule has 0 bridgehead atoms. The molecule has 3 aromatic rings. The van der Waals surface area contributed by atoms with E-state index in [0.29, 0.717) is 5.92 Å². The molecule has 3 aliphatic rings. The summed E-state index contributed by atoms with van der Waals surface area (Å²) < 4.78 is 1.51. The molecule has 0 nitrogen and oxygen atoms in total. The van der Waals surface area contributed by atoms with Gasteiger partial charge in [-0.15, -0.1) is 46.7 Å². The van der Waals surface area contributed by atoms with E-state index < -0.39 is 0 Å². The smallest absolute Gasteiger partial charge is 1.00 e. The van der Waals surface area contributed by atoms with Crippen LogP contribution in [0, 0.1) is 12.0 Å². The first-order valence-electron chi connectivity index (χ1n) is 13.5. The van der Waals surface area contributed by atoms with Crippen LogP contribution in [0.25, 0.3) is 32.7 Å². The molecule has 0 aromatic heterocycles. The molecule has 3 aromatic carbocycles. The largest absolute Gasteiger partial charge is 1.00 e. The SMILES string of the molecule is CC1=CC(C)(C)c2cc3[cH-]c4cc5c(cc4c3cc21)C(C)=CC5(C)C.CC1=[C-]C(C)C=C1C.C[C](C)=[Zr+2].[Cl-].[Cl-]. The Morgan fingerprint density at radius 1 is 0.744 bits per heavy atom. The van der Waals surface area contributed by atoms with Gasteiger partial charge in [-0.2, -0.15) is 6.08 Å². The van der Waals surface area contributed by atoms with Crippen LogP contribution in [0.2, 0.25) is 0 Å². The third-order valence-corrected chi connectivity index (χ3v) is 7.91. The Balaban J connectivity index is 0.000000322. The van der Waals surface area contributed by atoms with Crippen molar-refractivity contribution in [1.29, 1.82) is 0 Å². The number of benzene rings is 2. The Morgan fingerprint density at radius 2 is 1.13 bits per heavy atom. The predicted molar refractivity (Wildman–Crippen MR) is 162 cm³/mol. The topological polar surface area (TPSA) is 0 Å². The van der Waals surface area contributed by atoms with E-state index in [9.17, 15) is 0 Å². The molecular formula is C36H42Cl2Zr-2. The molecule has 3 aliphatic carbocycles. The molecule has 6 rings (SSSR count). The van der Waals surface area contributed by atoms with Crippen molar-refractivity contribution in [2.75, 3.05) is 0 Å². The molecule has 0 fully saturated rings. The Kier molecular flexibility index (Phi) is 10.6. The van der Waals surface area contributed by atoms with E-state index in [0.717, 1.165) is 0 Å². The van der Waals surface area contributed by atoms with Crippen LogP contribution in [-0.2, 0) is 35.1 Å². The van der Waals surface area contributed by atoms with Gasteiger partial charge in [0.05, 0.1) is 0 Å². The standard InChI is InChI=1S/C25H25.C8H11.C3H6.2ClH.Zr/c1-14-12-24(3,4)22-8-16-7-17-9-23-19(15(2)13-25(23,5)6)11-21(17)20(16)10-18(14)22;1-6-4-7(2)8(3)5-6;1-3-2;;;/h7-13H,1-6H3;4,6H,1-3H3;1-2H3;2*1H;/q2*-1;;;;+2/p-2. The van der Waals surface area contributed by atoms with Gasteiger partial charge in [-0.25, -0.2) is 11.1 Å². The summed E-state index contributed by atoms with van der Waals surface area (Å²) in [7, 11) is 0. The quantitative estimate of drug-likeness (QED) is 0.325. The molecule has 206 valence electrons. The maximum atomic E-state index is 3.29. The van der Waals surface area contributed by atoms with E-state index in [1.807, 2.05) is 0 Å². The van der Waals surface area contributed by atoms with E-state index >= 15 is 0 Å². The number of fused-ring (bicyclic) bond motifs is 5. The Hall–Kier alpha value is -1.40. The van der Waals surface area contributed by atoms with Crippen molar-refractivity contribution >= 4 is 35.9 Å². The average Bonchev–Trinajstić information content (AvgIpc) is 3.40. The number of rotatable bonds is 0. The van der Waals surface area contributed by atoms with Crippen molar-refractivity contribution in [3.05, 3.63) is 88.0 Å². The molecular weight excluding hydrogens is 595 g/mol. The van der Waals surface area contributed by atoms with Gasteiger partial charge in [0.2, 0.25) is 0 Å². The van der Waals surface area contributed by atoms with Crippen molar-refractivity contribution in [2.45, 2.75) is 87.0 Å². The van der Waals surface area contributed by atoms with Crippen molar-refractivity contribution in [3.8, 4) is 0 Å². The second-order valence-electron chi connectivity index (χ2n) is 12.6. The summed E-state index contributed by atoms with van der Waals surface area (Å²) in [5.41, 5.74) is 11.6. The Morgan fingerprint density at radius 3 is 1.41 bits per heavy atom. The molecule has 39 heavy (non-hydrogen) atoms. The molecule has 1 atom stereocenters. The molecule has 1 unspecified atom stereocenters. The zero-order valence-corrected chi connectivity index (χ0v) is 29.4. The summed E-state index contributed by atoms with van der Waals surface area (Å²) in [5, 5.41) is 5.57. The van der Waals surface area contributed by atoms with Gasteiger partial charge in [0.15, 0.2) is 0 Å². The molecule has 0 N–H and O–H groups in total. The van der Waals surface area contributed by atoms with Gasteiger partial charge in [-0.1, -0.05) is 82.9 Å². The molecule has 3 heteroatoms. The minimum atomic E-state index is 0.